The molecule has 1 heterocycles. The van der Waals surface area contributed by atoms with Crippen LogP contribution in [0, 0.1) is 0 Å². The average molecular weight is 201 g/mol. The van der Waals surface area contributed by atoms with Crippen molar-refractivity contribution < 1.29 is 9.53 Å². The number of amides is 1. The Morgan fingerprint density at radius 2 is 2.14 bits per heavy atom. The minimum atomic E-state index is -0.602. The van der Waals surface area contributed by atoms with Crippen molar-refractivity contribution in [2.45, 2.75) is 31.3 Å². The number of hydrogen-bond acceptors (Lipinski definition) is 4. The van der Waals surface area contributed by atoms with E-state index < -0.39 is 11.9 Å². The molecular formula is C9H19N3O2. The van der Waals surface area contributed by atoms with Gasteiger partial charge in [0.2, 0.25) is 5.91 Å². The number of nitrogens with two attached hydrogens (primary N) is 2. The van der Waals surface area contributed by atoms with E-state index in [0.717, 1.165) is 26.1 Å². The summed E-state index contributed by atoms with van der Waals surface area (Å²) in [5, 5.41) is 3.27. The molecule has 0 saturated carbocycles. The number of rotatable bonds is 4. The van der Waals surface area contributed by atoms with Crippen LogP contribution in [-0.2, 0) is 9.53 Å². The van der Waals surface area contributed by atoms with Gasteiger partial charge in [0.05, 0.1) is 6.04 Å². The number of carbonyl (C=O) groups is 1. The highest BCUT2D eigenvalue weighted by atomic mass is 16.5. The van der Waals surface area contributed by atoms with Gasteiger partial charge in [-0.2, -0.15) is 0 Å². The summed E-state index contributed by atoms with van der Waals surface area (Å²) in [7, 11) is 0. The second-order valence-corrected chi connectivity index (χ2v) is 4.06. The number of hydrogen-bond donors (Lipinski definition) is 3. The van der Waals surface area contributed by atoms with Crippen LogP contribution < -0.4 is 16.8 Å². The fourth-order valence-electron chi connectivity index (χ4n) is 1.46. The van der Waals surface area contributed by atoms with Gasteiger partial charge in [-0.25, -0.2) is 0 Å². The van der Waals surface area contributed by atoms with Gasteiger partial charge < -0.3 is 21.5 Å². The molecule has 5 heteroatoms. The average Bonchev–Trinajstić information content (AvgIpc) is 2.15. The number of nitrogens with one attached hydrogen (secondary N) is 1. The van der Waals surface area contributed by atoms with Gasteiger partial charge in [0.15, 0.2) is 0 Å². The van der Waals surface area contributed by atoms with Gasteiger partial charge in [-0.3, -0.25) is 4.79 Å². The molecule has 0 aromatic carbocycles. The molecule has 1 aliphatic rings. The molecule has 14 heavy (non-hydrogen) atoms. The molecule has 5 nitrogen and oxygen atoms in total. The van der Waals surface area contributed by atoms with Crippen molar-refractivity contribution in [3.05, 3.63) is 0 Å². The van der Waals surface area contributed by atoms with Crippen LogP contribution in [0.15, 0.2) is 0 Å². The Hall–Kier alpha value is -0.650. The van der Waals surface area contributed by atoms with Gasteiger partial charge in [0.1, 0.15) is 0 Å². The molecule has 1 rings (SSSR count). The van der Waals surface area contributed by atoms with E-state index in [0.29, 0.717) is 6.54 Å². The maximum Gasteiger partial charge on any atom is 0.235 e. The second-order valence-electron chi connectivity index (χ2n) is 4.06. The Labute approximate surface area is 84.2 Å². The topological polar surface area (TPSA) is 90.4 Å². The van der Waals surface area contributed by atoms with Gasteiger partial charge in [0, 0.05) is 25.3 Å². The van der Waals surface area contributed by atoms with Crippen LogP contribution in [0.5, 0.6) is 0 Å². The van der Waals surface area contributed by atoms with Crippen molar-refractivity contribution in [2.75, 3.05) is 19.8 Å². The Morgan fingerprint density at radius 1 is 1.57 bits per heavy atom. The molecule has 1 atom stereocenters. The predicted molar refractivity (Wildman–Crippen MR) is 53.6 cm³/mol. The molecule has 0 radical (unpaired) electrons. The van der Waals surface area contributed by atoms with Gasteiger partial charge >= 0.3 is 0 Å². The van der Waals surface area contributed by atoms with Crippen molar-refractivity contribution in [3.8, 4) is 0 Å². The zero-order chi connectivity index (χ0) is 10.6. The smallest absolute Gasteiger partial charge is 0.235 e. The number of ether oxygens (including phenoxy) is 1. The molecule has 0 aromatic heterocycles. The Bertz CT molecular complexity index is 202. The van der Waals surface area contributed by atoms with Crippen LogP contribution in [0.4, 0.5) is 0 Å². The first kappa shape index (κ1) is 11.4. The summed E-state index contributed by atoms with van der Waals surface area (Å²) in [6, 6.07) is -0.602. The van der Waals surface area contributed by atoms with E-state index in [9.17, 15) is 4.79 Å². The van der Waals surface area contributed by atoms with Crippen LogP contribution >= 0.6 is 0 Å². The fourth-order valence-corrected chi connectivity index (χ4v) is 1.46. The highest BCUT2D eigenvalue weighted by molar-refractivity contribution is 5.79. The lowest BCUT2D eigenvalue weighted by molar-refractivity contribution is -0.119. The maximum atomic E-state index is 10.7. The minimum Gasteiger partial charge on any atom is -0.381 e. The summed E-state index contributed by atoms with van der Waals surface area (Å²) in [5.41, 5.74) is 10.6. The summed E-state index contributed by atoms with van der Waals surface area (Å²) in [6.07, 6.45) is 1.89. The number of primary amides is 1. The summed E-state index contributed by atoms with van der Waals surface area (Å²) in [4.78, 5) is 10.7. The monoisotopic (exact) mass is 201 g/mol. The van der Waals surface area contributed by atoms with Gasteiger partial charge in [-0.05, 0) is 19.8 Å². The lowest BCUT2D eigenvalue weighted by Gasteiger charge is -2.35. The van der Waals surface area contributed by atoms with Gasteiger partial charge in [-0.15, -0.1) is 0 Å². The zero-order valence-electron chi connectivity index (χ0n) is 8.58. The fraction of sp³-hybridized carbons (Fsp3) is 0.889. The van der Waals surface area contributed by atoms with Crippen molar-refractivity contribution >= 4 is 5.91 Å². The third-order valence-electron chi connectivity index (χ3n) is 2.71. The normalized spacial score (nSPS) is 23.0. The molecule has 1 amide bonds. The standard InChI is InChI=1S/C9H19N3O2/c1-9(2-4-14-5-3-9)12-6-7(10)8(11)13/h7,12H,2-6,10H2,1H3,(H2,11,13). The second kappa shape index (κ2) is 4.72. The Morgan fingerprint density at radius 3 is 2.64 bits per heavy atom. The highest BCUT2D eigenvalue weighted by Crippen LogP contribution is 2.19. The summed E-state index contributed by atoms with van der Waals surface area (Å²) >= 11 is 0. The van der Waals surface area contributed by atoms with E-state index in [1.807, 2.05) is 0 Å². The minimum absolute atomic E-state index is 0.0331. The van der Waals surface area contributed by atoms with Gasteiger partial charge in [-0.1, -0.05) is 0 Å². The first-order valence-corrected chi connectivity index (χ1v) is 4.91. The summed E-state index contributed by atoms with van der Waals surface area (Å²) < 4.78 is 5.26. The molecule has 0 aliphatic carbocycles. The van der Waals surface area contributed by atoms with Crippen LogP contribution in [-0.4, -0.2) is 37.2 Å². The molecule has 1 aliphatic heterocycles. The van der Waals surface area contributed by atoms with E-state index >= 15 is 0 Å². The van der Waals surface area contributed by atoms with Crippen molar-refractivity contribution in [2.24, 2.45) is 11.5 Å². The van der Waals surface area contributed by atoms with Gasteiger partial charge in [0.25, 0.3) is 0 Å². The largest absolute Gasteiger partial charge is 0.381 e. The third-order valence-corrected chi connectivity index (χ3v) is 2.71. The van der Waals surface area contributed by atoms with E-state index in [1.165, 1.54) is 0 Å². The molecule has 0 aromatic rings. The zero-order valence-corrected chi connectivity index (χ0v) is 8.58. The quantitative estimate of drug-likeness (QED) is 0.542. The van der Waals surface area contributed by atoms with Crippen LogP contribution in [0.2, 0.25) is 0 Å². The van der Waals surface area contributed by atoms with Crippen molar-refractivity contribution in [3.63, 3.8) is 0 Å². The van der Waals surface area contributed by atoms with E-state index in [2.05, 4.69) is 12.2 Å². The highest BCUT2D eigenvalue weighted by Gasteiger charge is 2.27. The molecular weight excluding hydrogens is 182 g/mol. The van der Waals surface area contributed by atoms with Crippen molar-refractivity contribution in [1.82, 2.24) is 5.32 Å². The molecule has 1 fully saturated rings. The molecule has 1 unspecified atom stereocenters. The lowest BCUT2D eigenvalue weighted by Crippen LogP contribution is -2.53. The van der Waals surface area contributed by atoms with Crippen LogP contribution in [0.25, 0.3) is 0 Å². The summed E-state index contributed by atoms with van der Waals surface area (Å²) in [5.74, 6) is -0.465. The first-order valence-electron chi connectivity index (χ1n) is 4.91. The summed E-state index contributed by atoms with van der Waals surface area (Å²) in [6.45, 7) is 4.07. The Kier molecular flexibility index (Phi) is 3.86. The van der Waals surface area contributed by atoms with Crippen LogP contribution in [0.1, 0.15) is 19.8 Å². The predicted octanol–water partition coefficient (Wildman–Crippen LogP) is -1.04. The lowest BCUT2D eigenvalue weighted by atomic mass is 9.92. The maximum absolute atomic E-state index is 10.7. The molecule has 0 bridgehead atoms. The Balaban J connectivity index is 2.31. The van der Waals surface area contributed by atoms with E-state index in [1.54, 1.807) is 0 Å². The van der Waals surface area contributed by atoms with Crippen molar-refractivity contribution in [1.29, 1.82) is 0 Å². The van der Waals surface area contributed by atoms with Crippen LogP contribution in [0.3, 0.4) is 0 Å². The molecule has 1 saturated heterocycles. The molecule has 0 spiro atoms. The van der Waals surface area contributed by atoms with E-state index in [4.69, 9.17) is 16.2 Å². The van der Waals surface area contributed by atoms with E-state index in [-0.39, 0.29) is 5.54 Å². The molecule has 82 valence electrons. The number of carbonyl (C=O) groups excluding carboxylic acids is 1. The SMILES string of the molecule is CC1(NCC(N)C(N)=O)CCOCC1. The third kappa shape index (κ3) is 3.25. The molecule has 5 N–H and O–H groups in total. The first-order chi connectivity index (χ1) is 6.53.